The summed E-state index contributed by atoms with van der Waals surface area (Å²) in [5.74, 6) is -0.163. The second kappa shape index (κ2) is 6.37. The molecule has 0 aliphatic heterocycles. The molecule has 1 aromatic heterocycles. The molecule has 3 heteroatoms. The first-order valence-electron chi connectivity index (χ1n) is 6.89. The zero-order valence-corrected chi connectivity index (χ0v) is 16.1. The maximum absolute atomic E-state index is 14.0. The molecule has 1 radical (unpaired) electrons. The normalized spacial score (nSPS) is 10.5. The molecule has 2 aromatic rings. The Bertz CT molecular complexity index is 644. The Hall–Kier alpha value is -1.05. The van der Waals surface area contributed by atoms with E-state index >= 15 is 0 Å². The first-order chi connectivity index (χ1) is 9.25. The van der Waals surface area contributed by atoms with Crippen LogP contribution < -0.4 is 0 Å². The van der Waals surface area contributed by atoms with Crippen molar-refractivity contribution in [2.45, 2.75) is 48.5 Å². The Morgan fingerprint density at radius 1 is 0.762 bits per heavy atom. The van der Waals surface area contributed by atoms with E-state index < -0.39 is 0 Å². The molecule has 0 aliphatic carbocycles. The van der Waals surface area contributed by atoms with Gasteiger partial charge in [-0.3, -0.25) is 4.39 Å². The smallest absolute Gasteiger partial charge is 0.0440 e. The van der Waals surface area contributed by atoms with Gasteiger partial charge < -0.3 is 4.98 Å². The zero-order valence-electron chi connectivity index (χ0n) is 13.7. The molecule has 2 rings (SSSR count). The van der Waals surface area contributed by atoms with Gasteiger partial charge in [-0.05, 0) is 39.0 Å². The molecule has 0 bridgehead atoms. The summed E-state index contributed by atoms with van der Waals surface area (Å²) in [6.07, 6.45) is 0. The molecule has 115 valence electrons. The largest absolute Gasteiger partial charge is 0.301 e. The average molecular weight is 463 g/mol. The Morgan fingerprint density at radius 2 is 1.33 bits per heavy atom. The Labute approximate surface area is 140 Å². The maximum Gasteiger partial charge on any atom is 0.0440 e. The van der Waals surface area contributed by atoms with Crippen molar-refractivity contribution < 1.29 is 24.5 Å². The van der Waals surface area contributed by atoms with Crippen molar-refractivity contribution in [2.75, 3.05) is 0 Å². The second-order valence-corrected chi connectivity index (χ2v) is 5.61. The topological polar surface area (TPSA) is 12.9 Å². The van der Waals surface area contributed by atoms with Gasteiger partial charge in [0.2, 0.25) is 0 Å². The van der Waals surface area contributed by atoms with Crippen LogP contribution in [0.2, 0.25) is 0 Å². The number of benzene rings is 1. The van der Waals surface area contributed by atoms with Gasteiger partial charge in [-0.15, -0.1) is 17.2 Å². The molecule has 1 nitrogen and oxygen atoms in total. The summed E-state index contributed by atoms with van der Waals surface area (Å²) in [5, 5.41) is 0. The van der Waals surface area contributed by atoms with Gasteiger partial charge in [-0.2, -0.15) is 0 Å². The van der Waals surface area contributed by atoms with Crippen molar-refractivity contribution >= 4 is 0 Å². The number of pyridine rings is 1. The summed E-state index contributed by atoms with van der Waals surface area (Å²) >= 11 is 0. The molecule has 0 N–H and O–H groups in total. The number of aryl methyl sites for hydroxylation is 2. The first kappa shape index (κ1) is 18.0. The van der Waals surface area contributed by atoms with Crippen LogP contribution in [0.5, 0.6) is 0 Å². The van der Waals surface area contributed by atoms with Gasteiger partial charge in [0.05, 0.1) is 0 Å². The number of halogens is 1. The molecule has 0 saturated carbocycles. The van der Waals surface area contributed by atoms with Gasteiger partial charge in [-0.1, -0.05) is 43.0 Å². The Morgan fingerprint density at radius 3 is 1.90 bits per heavy atom. The number of hydrogen-bond donors (Lipinski definition) is 0. The van der Waals surface area contributed by atoms with Crippen LogP contribution in [0.4, 0.5) is 4.39 Å². The number of nitrogens with zero attached hydrogens (tertiary/aromatic N) is 1. The van der Waals surface area contributed by atoms with Crippen molar-refractivity contribution in [3.8, 4) is 11.3 Å². The van der Waals surface area contributed by atoms with Gasteiger partial charge in [0.25, 0.3) is 0 Å². The van der Waals surface area contributed by atoms with Crippen LogP contribution in [0, 0.1) is 60.3 Å². The predicted molar refractivity (Wildman–Crippen MR) is 81.6 cm³/mol. The minimum absolute atomic E-state index is 0. The number of hydrogen-bond acceptors (Lipinski definition) is 1. The van der Waals surface area contributed by atoms with Gasteiger partial charge >= 0.3 is 0 Å². The summed E-state index contributed by atoms with van der Waals surface area (Å²) in [4.78, 5) is 4.72. The first-order valence-corrected chi connectivity index (χ1v) is 6.89. The molecule has 1 heterocycles. The van der Waals surface area contributed by atoms with E-state index in [0.717, 1.165) is 28.1 Å². The second-order valence-electron chi connectivity index (χ2n) is 5.61. The standard InChI is InChI=1S/C18H21FN.Ir/c1-9-8-16(12(4)13(5)17(9)19)18-14(6)10(2)11(3)15(7)20-18;/h1-7H3;/q-1;. The quantitative estimate of drug-likeness (QED) is 0.553. The van der Waals surface area contributed by atoms with E-state index in [1.807, 2.05) is 20.8 Å². The summed E-state index contributed by atoms with van der Waals surface area (Å²) in [6.45, 7) is 13.8. The van der Waals surface area contributed by atoms with Crippen LogP contribution in [0.15, 0.2) is 0 Å². The van der Waals surface area contributed by atoms with Crippen LogP contribution in [-0.4, -0.2) is 4.98 Å². The molecule has 0 saturated heterocycles. The van der Waals surface area contributed by atoms with Gasteiger partial charge in [-0.25, -0.2) is 0 Å². The summed E-state index contributed by atoms with van der Waals surface area (Å²) in [6, 6.07) is 3.18. The van der Waals surface area contributed by atoms with Crippen LogP contribution in [-0.2, 0) is 20.1 Å². The van der Waals surface area contributed by atoms with Gasteiger partial charge in [0, 0.05) is 31.6 Å². The van der Waals surface area contributed by atoms with E-state index in [1.54, 1.807) is 6.92 Å². The van der Waals surface area contributed by atoms with Gasteiger partial charge in [0.15, 0.2) is 0 Å². The fourth-order valence-corrected chi connectivity index (χ4v) is 2.52. The van der Waals surface area contributed by atoms with Crippen LogP contribution in [0.1, 0.15) is 39.1 Å². The predicted octanol–water partition coefficient (Wildman–Crippen LogP) is 4.84. The van der Waals surface area contributed by atoms with Crippen molar-refractivity contribution in [3.63, 3.8) is 0 Å². The fourth-order valence-electron chi connectivity index (χ4n) is 2.52. The minimum Gasteiger partial charge on any atom is -0.301 e. The van der Waals surface area contributed by atoms with Gasteiger partial charge in [0.1, 0.15) is 0 Å². The molecule has 0 atom stereocenters. The van der Waals surface area contributed by atoms with Crippen LogP contribution in [0.25, 0.3) is 11.3 Å². The van der Waals surface area contributed by atoms with Crippen LogP contribution in [0.3, 0.4) is 0 Å². The minimum atomic E-state index is -0.163. The zero-order chi connectivity index (χ0) is 15.2. The average Bonchev–Trinajstić information content (AvgIpc) is 2.42. The van der Waals surface area contributed by atoms with E-state index in [9.17, 15) is 4.39 Å². The summed E-state index contributed by atoms with van der Waals surface area (Å²) in [5.41, 5.74) is 8.66. The summed E-state index contributed by atoms with van der Waals surface area (Å²) < 4.78 is 14.0. The van der Waals surface area contributed by atoms with Crippen molar-refractivity contribution in [3.05, 3.63) is 51.0 Å². The van der Waals surface area contributed by atoms with Crippen molar-refractivity contribution in [1.29, 1.82) is 0 Å². The Balaban J connectivity index is 0.00000220. The van der Waals surface area contributed by atoms with E-state index in [4.69, 9.17) is 4.98 Å². The molecule has 0 amide bonds. The van der Waals surface area contributed by atoms with E-state index in [1.165, 1.54) is 11.1 Å². The van der Waals surface area contributed by atoms with E-state index in [-0.39, 0.29) is 25.9 Å². The van der Waals surface area contributed by atoms with Crippen molar-refractivity contribution in [1.82, 2.24) is 4.98 Å². The monoisotopic (exact) mass is 463 g/mol. The molecule has 0 unspecified atom stereocenters. The third-order valence-electron chi connectivity index (χ3n) is 4.45. The SMILES string of the molecule is Cc1[c-]c(-c2nc(C)c(C)c(C)c2C)c(C)c(C)c1F.[Ir]. The van der Waals surface area contributed by atoms with Crippen LogP contribution >= 0.6 is 0 Å². The summed E-state index contributed by atoms with van der Waals surface area (Å²) in [7, 11) is 0. The molecule has 0 aliphatic rings. The maximum atomic E-state index is 14.0. The number of rotatable bonds is 1. The third kappa shape index (κ3) is 2.95. The molecule has 0 fully saturated rings. The molecular formula is C18H21FIrN-. The number of aromatic nitrogens is 1. The Kier molecular flexibility index (Phi) is 5.46. The molecular weight excluding hydrogens is 441 g/mol. The molecule has 1 aromatic carbocycles. The van der Waals surface area contributed by atoms with E-state index in [0.29, 0.717) is 11.1 Å². The van der Waals surface area contributed by atoms with E-state index in [2.05, 4.69) is 26.8 Å². The molecule has 21 heavy (non-hydrogen) atoms. The molecule has 0 spiro atoms. The fraction of sp³-hybridized carbons (Fsp3) is 0.389. The van der Waals surface area contributed by atoms with Crippen molar-refractivity contribution in [2.24, 2.45) is 0 Å². The third-order valence-corrected chi connectivity index (χ3v) is 4.45.